The Kier molecular flexibility index (Phi) is 4.93. The molecule has 4 nitrogen and oxygen atoms in total. The molecule has 2 heterocycles. The molecule has 2 saturated heterocycles. The summed E-state index contributed by atoms with van der Waals surface area (Å²) < 4.78 is 5.77. The number of aliphatic hydroxyl groups excluding tert-OH is 1. The largest absolute Gasteiger partial charge is 0.395 e. The number of nitrogens with zero attached hydrogens (tertiary/aromatic N) is 1. The van der Waals surface area contributed by atoms with Crippen molar-refractivity contribution in [2.75, 3.05) is 13.2 Å². The van der Waals surface area contributed by atoms with E-state index in [2.05, 4.69) is 0 Å². The highest BCUT2D eigenvalue weighted by Crippen LogP contribution is 2.39. The average Bonchev–Trinajstić information content (AvgIpc) is 3.12. The van der Waals surface area contributed by atoms with Gasteiger partial charge in [0, 0.05) is 13.1 Å². The predicted octanol–water partition coefficient (Wildman–Crippen LogP) is 2.88. The van der Waals surface area contributed by atoms with Crippen LogP contribution in [0.15, 0.2) is 18.2 Å². The van der Waals surface area contributed by atoms with Gasteiger partial charge >= 0.3 is 0 Å². The van der Waals surface area contributed by atoms with Crippen LogP contribution in [0.3, 0.4) is 0 Å². The van der Waals surface area contributed by atoms with Gasteiger partial charge in [-0.2, -0.15) is 0 Å². The number of hydrogen-bond donors (Lipinski definition) is 1. The number of fused-ring (bicyclic) bond motifs is 2. The number of carbonyl (C=O) groups excluding carboxylic acids is 1. The van der Waals surface area contributed by atoms with Gasteiger partial charge in [-0.05, 0) is 37.0 Å². The topological polar surface area (TPSA) is 49.8 Å². The third-order valence-electron chi connectivity index (χ3n) is 4.46. The highest BCUT2D eigenvalue weighted by molar-refractivity contribution is 6.42. The molecule has 120 valence electrons. The van der Waals surface area contributed by atoms with Crippen molar-refractivity contribution < 1.29 is 14.6 Å². The highest BCUT2D eigenvalue weighted by Gasteiger charge is 2.45. The molecule has 2 aliphatic rings. The second-order valence-electron chi connectivity index (χ2n) is 5.95. The van der Waals surface area contributed by atoms with Crippen LogP contribution in [0.5, 0.6) is 0 Å². The maximum absolute atomic E-state index is 12.8. The number of ether oxygens (including phenoxy) is 1. The van der Waals surface area contributed by atoms with Crippen molar-refractivity contribution >= 4 is 29.1 Å². The molecule has 3 unspecified atom stereocenters. The van der Waals surface area contributed by atoms with E-state index in [1.165, 1.54) is 0 Å². The third kappa shape index (κ3) is 3.25. The van der Waals surface area contributed by atoms with Crippen LogP contribution in [0.2, 0.25) is 10.0 Å². The Morgan fingerprint density at radius 1 is 1.32 bits per heavy atom. The summed E-state index contributed by atoms with van der Waals surface area (Å²) in [4.78, 5) is 14.4. The molecular weight excluding hydrogens is 325 g/mol. The molecule has 6 heteroatoms. The quantitative estimate of drug-likeness (QED) is 0.894. The lowest BCUT2D eigenvalue weighted by molar-refractivity contribution is -0.138. The van der Waals surface area contributed by atoms with Crippen molar-refractivity contribution in [3.05, 3.63) is 33.8 Å². The number of amides is 1. The van der Waals surface area contributed by atoms with E-state index in [1.54, 1.807) is 17.0 Å². The number of rotatable bonds is 5. The molecule has 2 aliphatic heterocycles. The fourth-order valence-corrected chi connectivity index (χ4v) is 3.70. The van der Waals surface area contributed by atoms with E-state index in [0.29, 0.717) is 23.1 Å². The fraction of sp³-hybridized carbons (Fsp3) is 0.562. The minimum absolute atomic E-state index is 0.0486. The number of halogens is 2. The number of hydrogen-bond acceptors (Lipinski definition) is 3. The molecule has 0 aliphatic carbocycles. The summed E-state index contributed by atoms with van der Waals surface area (Å²) in [6, 6.07) is 5.34. The van der Waals surface area contributed by atoms with Crippen LogP contribution in [0, 0.1) is 5.92 Å². The zero-order valence-corrected chi connectivity index (χ0v) is 13.7. The lowest BCUT2D eigenvalue weighted by Gasteiger charge is -2.28. The lowest BCUT2D eigenvalue weighted by Crippen LogP contribution is -2.41. The minimum atomic E-state index is -0.0759. The summed E-state index contributed by atoms with van der Waals surface area (Å²) in [6.45, 7) is 0.672. The summed E-state index contributed by atoms with van der Waals surface area (Å²) in [6.07, 6.45) is 3.10. The Morgan fingerprint density at radius 2 is 2.14 bits per heavy atom. The molecular formula is C16H19Cl2NO3. The van der Waals surface area contributed by atoms with Gasteiger partial charge in [-0.25, -0.2) is 0 Å². The molecule has 22 heavy (non-hydrogen) atoms. The first-order chi connectivity index (χ1) is 10.6. The van der Waals surface area contributed by atoms with E-state index < -0.39 is 0 Å². The molecule has 2 bridgehead atoms. The van der Waals surface area contributed by atoms with Gasteiger partial charge in [-0.1, -0.05) is 29.3 Å². The third-order valence-corrected chi connectivity index (χ3v) is 5.20. The average molecular weight is 344 g/mol. The summed E-state index contributed by atoms with van der Waals surface area (Å²) in [5, 5.41) is 10.2. The van der Waals surface area contributed by atoms with Crippen LogP contribution in [0.4, 0.5) is 0 Å². The molecule has 1 aromatic rings. The van der Waals surface area contributed by atoms with E-state index in [9.17, 15) is 9.90 Å². The van der Waals surface area contributed by atoms with E-state index in [1.807, 2.05) is 6.07 Å². The van der Waals surface area contributed by atoms with Crippen LogP contribution in [-0.4, -0.2) is 41.3 Å². The Morgan fingerprint density at radius 3 is 2.73 bits per heavy atom. The molecule has 0 spiro atoms. The highest BCUT2D eigenvalue weighted by atomic mass is 35.5. The normalized spacial score (nSPS) is 26.4. The molecule has 0 saturated carbocycles. The van der Waals surface area contributed by atoms with Crippen LogP contribution in [0.25, 0.3) is 0 Å². The van der Waals surface area contributed by atoms with Crippen LogP contribution in [-0.2, 0) is 16.1 Å². The van der Waals surface area contributed by atoms with Gasteiger partial charge in [0.1, 0.15) is 0 Å². The zero-order chi connectivity index (χ0) is 15.7. The first kappa shape index (κ1) is 16.1. The molecule has 3 atom stereocenters. The number of aliphatic hydroxyl groups is 1. The minimum Gasteiger partial charge on any atom is -0.395 e. The van der Waals surface area contributed by atoms with Crippen molar-refractivity contribution in [2.24, 2.45) is 5.92 Å². The Bertz CT molecular complexity index is 566. The lowest BCUT2D eigenvalue weighted by atomic mass is 9.88. The number of carbonyl (C=O) groups is 1. The second kappa shape index (κ2) is 6.75. The molecule has 1 N–H and O–H groups in total. The van der Waals surface area contributed by atoms with Gasteiger partial charge in [-0.3, -0.25) is 4.79 Å². The van der Waals surface area contributed by atoms with Crippen LogP contribution < -0.4 is 0 Å². The molecule has 1 amide bonds. The molecule has 3 rings (SSSR count). The molecule has 1 aromatic carbocycles. The Balaban J connectivity index is 1.71. The van der Waals surface area contributed by atoms with Crippen molar-refractivity contribution in [3.63, 3.8) is 0 Å². The summed E-state index contributed by atoms with van der Waals surface area (Å²) in [5.74, 6) is -0.0135. The summed E-state index contributed by atoms with van der Waals surface area (Å²) in [5.41, 5.74) is 0.903. The summed E-state index contributed by atoms with van der Waals surface area (Å²) >= 11 is 11.9. The molecule has 0 aromatic heterocycles. The van der Waals surface area contributed by atoms with Crippen LogP contribution >= 0.6 is 23.2 Å². The fourth-order valence-electron chi connectivity index (χ4n) is 3.38. The molecule has 0 radical (unpaired) electrons. The van der Waals surface area contributed by atoms with E-state index >= 15 is 0 Å². The smallest absolute Gasteiger partial charge is 0.228 e. The van der Waals surface area contributed by atoms with Gasteiger partial charge in [0.2, 0.25) is 5.91 Å². The second-order valence-corrected chi connectivity index (χ2v) is 6.76. The molecule has 2 fully saturated rings. The van der Waals surface area contributed by atoms with Gasteiger partial charge in [-0.15, -0.1) is 0 Å². The van der Waals surface area contributed by atoms with E-state index in [0.717, 1.165) is 24.8 Å². The number of benzene rings is 1. The van der Waals surface area contributed by atoms with E-state index in [-0.39, 0.29) is 30.6 Å². The van der Waals surface area contributed by atoms with Gasteiger partial charge in [0.25, 0.3) is 0 Å². The Hall–Kier alpha value is -0.810. The Labute approximate surface area is 140 Å². The van der Waals surface area contributed by atoms with Gasteiger partial charge in [0.05, 0.1) is 34.8 Å². The maximum atomic E-state index is 12.8. The van der Waals surface area contributed by atoms with Crippen molar-refractivity contribution in [1.82, 2.24) is 4.90 Å². The SMILES string of the molecule is O=C(C1CC2CCC1O2)N(CCO)Cc1ccc(Cl)c(Cl)c1. The van der Waals surface area contributed by atoms with Gasteiger partial charge < -0.3 is 14.7 Å². The first-order valence-corrected chi connectivity index (χ1v) is 8.33. The first-order valence-electron chi connectivity index (χ1n) is 7.57. The van der Waals surface area contributed by atoms with Gasteiger partial charge in [0.15, 0.2) is 0 Å². The van der Waals surface area contributed by atoms with E-state index in [4.69, 9.17) is 27.9 Å². The zero-order valence-electron chi connectivity index (χ0n) is 12.2. The van der Waals surface area contributed by atoms with Crippen LogP contribution in [0.1, 0.15) is 24.8 Å². The standard InChI is InChI=1S/C16H19Cl2NO3/c17-13-3-1-10(7-14(13)18)9-19(5-6-20)16(21)12-8-11-2-4-15(12)22-11/h1,3,7,11-12,15,20H,2,4-6,8-9H2. The summed E-state index contributed by atoms with van der Waals surface area (Å²) in [7, 11) is 0. The van der Waals surface area contributed by atoms with Crippen molar-refractivity contribution in [2.45, 2.75) is 38.0 Å². The monoisotopic (exact) mass is 343 g/mol. The predicted molar refractivity (Wildman–Crippen MR) is 85.0 cm³/mol. The van der Waals surface area contributed by atoms with Crippen molar-refractivity contribution in [1.29, 1.82) is 0 Å². The maximum Gasteiger partial charge on any atom is 0.228 e. The van der Waals surface area contributed by atoms with Crippen molar-refractivity contribution in [3.8, 4) is 0 Å².